The van der Waals surface area contributed by atoms with Crippen molar-refractivity contribution in [3.63, 3.8) is 0 Å². The van der Waals surface area contributed by atoms with Gasteiger partial charge in [-0.2, -0.15) is 5.21 Å². The average molecular weight is 623 g/mol. The van der Waals surface area contributed by atoms with Gasteiger partial charge in [0.15, 0.2) is 5.82 Å². The van der Waals surface area contributed by atoms with E-state index < -0.39 is 78.0 Å². The largest absolute Gasteiger partial charge is 0.396 e. The summed E-state index contributed by atoms with van der Waals surface area (Å²) in [5, 5.41) is 84.1. The van der Waals surface area contributed by atoms with E-state index in [9.17, 15) is 30.6 Å². The maximum Gasteiger partial charge on any atom is 0.311 e. The lowest BCUT2D eigenvalue weighted by molar-refractivity contribution is -0.515. The summed E-state index contributed by atoms with van der Waals surface area (Å²) in [6, 6.07) is 0. The SMILES string of the molecule is CC(Cc1nn[nH]n1)OC12OC3CCC(CO)C4(O1)C3C=C(CO)[C@@H](O)[C@@]1(O)C4C([C@@H](C)CCCCCCC2O)[C@H](C)[C@@H]1O. The van der Waals surface area contributed by atoms with Gasteiger partial charge in [0.05, 0.1) is 30.5 Å². The van der Waals surface area contributed by atoms with Crippen molar-refractivity contribution in [1.29, 1.82) is 0 Å². The van der Waals surface area contributed by atoms with Crippen molar-refractivity contribution in [2.75, 3.05) is 13.2 Å². The molecule has 0 radical (unpaired) electrons. The Labute approximate surface area is 258 Å². The van der Waals surface area contributed by atoms with Crippen molar-refractivity contribution in [2.45, 2.75) is 126 Å². The number of fused-ring (bicyclic) bond motifs is 1. The van der Waals surface area contributed by atoms with E-state index in [0.717, 1.165) is 32.1 Å². The number of aliphatic hydroxyl groups is 6. The molecule has 3 bridgehead atoms. The molecule has 13 nitrogen and oxygen atoms in total. The molecule has 44 heavy (non-hydrogen) atoms. The highest BCUT2D eigenvalue weighted by molar-refractivity contribution is 5.33. The maximum atomic E-state index is 12.8. The molecule has 1 spiro atoms. The zero-order chi connectivity index (χ0) is 31.4. The van der Waals surface area contributed by atoms with Crippen LogP contribution in [0.1, 0.15) is 78.0 Å². The van der Waals surface area contributed by atoms with Gasteiger partial charge in [0.25, 0.3) is 0 Å². The first kappa shape index (κ1) is 32.4. The Hall–Kier alpha value is -1.55. The van der Waals surface area contributed by atoms with E-state index in [1.165, 1.54) is 0 Å². The second-order valence-corrected chi connectivity index (χ2v) is 14.2. The average Bonchev–Trinajstić information content (AvgIpc) is 3.55. The Balaban J connectivity index is 1.57. The van der Waals surface area contributed by atoms with Crippen LogP contribution in [0, 0.1) is 35.5 Å². The molecule has 5 aliphatic rings. The van der Waals surface area contributed by atoms with Crippen molar-refractivity contribution in [3.8, 4) is 0 Å². The van der Waals surface area contributed by atoms with Crippen LogP contribution in [0.4, 0.5) is 0 Å². The van der Waals surface area contributed by atoms with Crippen LogP contribution in [0.25, 0.3) is 0 Å². The molecular weight excluding hydrogens is 572 g/mol. The summed E-state index contributed by atoms with van der Waals surface area (Å²) in [6.07, 6.45) is 2.32. The highest BCUT2D eigenvalue weighted by Gasteiger charge is 2.77. The Bertz CT molecular complexity index is 1170. The number of tetrazole rings is 1. The topological polar surface area (TPSA) is 204 Å². The molecule has 2 aliphatic heterocycles. The van der Waals surface area contributed by atoms with Crippen LogP contribution < -0.4 is 0 Å². The second-order valence-electron chi connectivity index (χ2n) is 14.2. The molecule has 9 unspecified atom stereocenters. The number of nitrogens with one attached hydrogen (secondary N) is 1. The molecule has 6 rings (SSSR count). The van der Waals surface area contributed by atoms with Gasteiger partial charge in [-0.25, -0.2) is 0 Å². The highest BCUT2D eigenvalue weighted by atomic mass is 16.9. The van der Waals surface area contributed by atoms with Crippen molar-refractivity contribution in [2.24, 2.45) is 35.5 Å². The molecule has 13 heteroatoms. The number of ether oxygens (including phenoxy) is 3. The van der Waals surface area contributed by atoms with Crippen molar-refractivity contribution < 1.29 is 44.8 Å². The van der Waals surface area contributed by atoms with E-state index in [1.54, 1.807) is 13.0 Å². The van der Waals surface area contributed by atoms with Crippen LogP contribution in [-0.2, 0) is 20.6 Å². The third-order valence-corrected chi connectivity index (χ3v) is 11.7. The Morgan fingerprint density at radius 3 is 2.50 bits per heavy atom. The van der Waals surface area contributed by atoms with E-state index in [0.29, 0.717) is 25.1 Å². The summed E-state index contributed by atoms with van der Waals surface area (Å²) in [7, 11) is 0. The first-order chi connectivity index (χ1) is 21.0. The fraction of sp³-hybridized carbons (Fsp3) is 0.903. The summed E-state index contributed by atoms with van der Waals surface area (Å²) in [6.45, 7) is 5.01. The van der Waals surface area contributed by atoms with Gasteiger partial charge in [0.1, 0.15) is 17.8 Å². The Morgan fingerprint density at radius 1 is 1.07 bits per heavy atom. The minimum absolute atomic E-state index is 0.0286. The van der Waals surface area contributed by atoms with Gasteiger partial charge < -0.3 is 44.8 Å². The summed E-state index contributed by atoms with van der Waals surface area (Å²) < 4.78 is 20.5. The third-order valence-electron chi connectivity index (χ3n) is 11.7. The first-order valence-corrected chi connectivity index (χ1v) is 16.5. The molecule has 3 aliphatic carbocycles. The fourth-order valence-corrected chi connectivity index (χ4v) is 9.77. The quantitative estimate of drug-likeness (QED) is 0.218. The number of H-pyrrole nitrogens is 1. The van der Waals surface area contributed by atoms with Gasteiger partial charge in [0, 0.05) is 30.8 Å². The van der Waals surface area contributed by atoms with Crippen LogP contribution >= 0.6 is 0 Å². The number of nitrogens with zero attached hydrogens (tertiary/aromatic N) is 3. The Kier molecular flexibility index (Phi) is 9.01. The minimum Gasteiger partial charge on any atom is -0.396 e. The van der Waals surface area contributed by atoms with Crippen molar-refractivity contribution in [1.82, 2.24) is 20.6 Å². The summed E-state index contributed by atoms with van der Waals surface area (Å²) >= 11 is 0. The van der Waals surface area contributed by atoms with E-state index in [1.807, 2.05) is 6.92 Å². The summed E-state index contributed by atoms with van der Waals surface area (Å²) in [5.41, 5.74) is -3.35. The molecule has 7 N–H and O–H groups in total. The molecule has 1 aromatic heterocycles. The standard InChI is InChI=1S/C31H50N4O9/c1-16-8-6-4-5-7-9-23(38)31(42-17(2)12-24-32-34-35-33-24)43-22-11-10-20(15-37)30(44-31)21(22)13-19(14-36)28(40)29(41)26(30)25(16)18(3)27(29)39/h13,16-18,20-23,25-28,36-41H,4-12,14-15H2,1-3H3,(H,32,33,34,35)/t16-,17?,18-,20?,21?,22?,23?,25?,26?,27-,28+,29+,30?,31?/m0/s1. The van der Waals surface area contributed by atoms with E-state index >= 15 is 0 Å². The number of hydrogen-bond acceptors (Lipinski definition) is 12. The first-order valence-electron chi connectivity index (χ1n) is 16.5. The van der Waals surface area contributed by atoms with Gasteiger partial charge in [0.2, 0.25) is 0 Å². The molecule has 14 atom stereocenters. The van der Waals surface area contributed by atoms with E-state index in [-0.39, 0.29) is 30.4 Å². The maximum absolute atomic E-state index is 12.8. The molecule has 0 aromatic carbocycles. The van der Waals surface area contributed by atoms with E-state index in [4.69, 9.17) is 14.2 Å². The lowest BCUT2D eigenvalue weighted by Gasteiger charge is -2.64. The van der Waals surface area contributed by atoms with Gasteiger partial charge in [-0.1, -0.05) is 57.2 Å². The zero-order valence-corrected chi connectivity index (χ0v) is 26.0. The minimum atomic E-state index is -2.11. The lowest BCUT2D eigenvalue weighted by Crippen LogP contribution is -2.75. The van der Waals surface area contributed by atoms with Crippen LogP contribution in [0.2, 0.25) is 0 Å². The number of hydrogen-bond donors (Lipinski definition) is 7. The Morgan fingerprint density at radius 2 is 1.82 bits per heavy atom. The van der Waals surface area contributed by atoms with Crippen LogP contribution in [0.3, 0.4) is 0 Å². The highest BCUT2D eigenvalue weighted by Crippen LogP contribution is 2.66. The molecule has 4 fully saturated rings. The number of rotatable bonds is 6. The molecule has 2 saturated heterocycles. The fourth-order valence-electron chi connectivity index (χ4n) is 9.77. The normalized spacial score (nSPS) is 48.3. The van der Waals surface area contributed by atoms with Crippen LogP contribution in [0.15, 0.2) is 11.6 Å². The number of aromatic amines is 1. The smallest absolute Gasteiger partial charge is 0.311 e. The van der Waals surface area contributed by atoms with Gasteiger partial charge in [-0.15, -0.1) is 10.2 Å². The third kappa shape index (κ3) is 4.89. The molecule has 1 aromatic rings. The predicted molar refractivity (Wildman–Crippen MR) is 154 cm³/mol. The molecular formula is C31H50N4O9. The molecule has 3 heterocycles. The number of aromatic nitrogens is 4. The second kappa shape index (κ2) is 12.2. The van der Waals surface area contributed by atoms with Crippen LogP contribution in [-0.4, -0.2) is 112 Å². The van der Waals surface area contributed by atoms with Gasteiger partial charge >= 0.3 is 5.97 Å². The van der Waals surface area contributed by atoms with E-state index in [2.05, 4.69) is 27.5 Å². The predicted octanol–water partition coefficient (Wildman–Crippen LogP) is 0.592. The van der Waals surface area contributed by atoms with Crippen molar-refractivity contribution >= 4 is 0 Å². The van der Waals surface area contributed by atoms with Crippen molar-refractivity contribution in [3.05, 3.63) is 17.5 Å². The summed E-state index contributed by atoms with van der Waals surface area (Å²) in [5.74, 6) is -4.35. The lowest BCUT2D eigenvalue weighted by atomic mass is 9.55. The van der Waals surface area contributed by atoms with Crippen LogP contribution in [0.5, 0.6) is 0 Å². The van der Waals surface area contributed by atoms with Gasteiger partial charge in [-0.05, 0) is 49.5 Å². The number of aliphatic hydroxyl groups excluding tert-OH is 5. The molecule has 2 saturated carbocycles. The monoisotopic (exact) mass is 622 g/mol. The summed E-state index contributed by atoms with van der Waals surface area (Å²) in [4.78, 5) is 0. The van der Waals surface area contributed by atoms with Gasteiger partial charge in [-0.3, -0.25) is 0 Å². The molecule has 0 amide bonds. The zero-order valence-electron chi connectivity index (χ0n) is 26.0. The molecule has 248 valence electrons.